The van der Waals surface area contributed by atoms with Crippen molar-refractivity contribution in [3.8, 4) is 11.5 Å². The number of halogens is 1. The Morgan fingerprint density at radius 1 is 1.22 bits per heavy atom. The molecule has 0 aromatic heterocycles. The maximum atomic E-state index is 14.1. The Morgan fingerprint density at radius 3 is 2.63 bits per heavy atom. The second-order valence-corrected chi connectivity index (χ2v) is 7.95. The molecule has 27 heavy (non-hydrogen) atoms. The molecule has 0 spiro atoms. The minimum absolute atomic E-state index is 0.147. The normalized spacial score (nSPS) is 13.9. The number of para-hydroxylation sites is 1. The zero-order chi connectivity index (χ0) is 19.6. The molecule has 0 bridgehead atoms. The number of rotatable bonds is 6. The maximum Gasteiger partial charge on any atom is 0.243 e. The molecule has 9 heteroatoms. The number of sulfonamides is 1. The first-order valence-electron chi connectivity index (χ1n) is 8.17. The van der Waals surface area contributed by atoms with Gasteiger partial charge in [0, 0.05) is 6.54 Å². The van der Waals surface area contributed by atoms with Crippen molar-refractivity contribution in [2.24, 2.45) is 0 Å². The van der Waals surface area contributed by atoms with E-state index in [4.69, 9.17) is 9.47 Å². The molecular formula is C18H19FN2O5S. The fraction of sp³-hybridized carbons (Fsp3) is 0.278. The summed E-state index contributed by atoms with van der Waals surface area (Å²) < 4.78 is 49.8. The number of nitrogens with one attached hydrogen (secondary N) is 1. The Balaban J connectivity index is 1.75. The van der Waals surface area contributed by atoms with E-state index >= 15 is 0 Å². The lowest BCUT2D eigenvalue weighted by molar-refractivity contribution is -0.122. The molecule has 1 aliphatic rings. The van der Waals surface area contributed by atoms with Crippen LogP contribution in [0.15, 0.2) is 42.5 Å². The van der Waals surface area contributed by atoms with Crippen LogP contribution in [0, 0.1) is 5.82 Å². The molecule has 1 heterocycles. The fourth-order valence-corrected chi connectivity index (χ4v) is 3.97. The van der Waals surface area contributed by atoms with Crippen LogP contribution in [0.4, 0.5) is 10.1 Å². The Hall–Kier alpha value is -2.81. The summed E-state index contributed by atoms with van der Waals surface area (Å²) in [5.74, 6) is -0.0696. The summed E-state index contributed by atoms with van der Waals surface area (Å²) in [4.78, 5) is 12.5. The highest BCUT2D eigenvalue weighted by molar-refractivity contribution is 7.92. The van der Waals surface area contributed by atoms with E-state index in [9.17, 15) is 17.6 Å². The predicted octanol–water partition coefficient (Wildman–Crippen LogP) is 2.03. The van der Waals surface area contributed by atoms with E-state index in [0.29, 0.717) is 11.5 Å². The van der Waals surface area contributed by atoms with Gasteiger partial charge in [-0.2, -0.15) is 0 Å². The van der Waals surface area contributed by atoms with Crippen molar-refractivity contribution in [2.45, 2.75) is 19.5 Å². The van der Waals surface area contributed by atoms with Crippen molar-refractivity contribution in [3.63, 3.8) is 0 Å². The van der Waals surface area contributed by atoms with Crippen molar-refractivity contribution in [1.82, 2.24) is 5.32 Å². The lowest BCUT2D eigenvalue weighted by Crippen LogP contribution is -2.48. The van der Waals surface area contributed by atoms with Gasteiger partial charge in [-0.1, -0.05) is 18.2 Å². The van der Waals surface area contributed by atoms with E-state index in [2.05, 4.69) is 5.32 Å². The van der Waals surface area contributed by atoms with Gasteiger partial charge in [-0.25, -0.2) is 12.8 Å². The highest BCUT2D eigenvalue weighted by Gasteiger charge is 2.30. The molecule has 1 atom stereocenters. The molecule has 2 aromatic carbocycles. The van der Waals surface area contributed by atoms with Crippen LogP contribution in [0.2, 0.25) is 0 Å². The van der Waals surface area contributed by atoms with Gasteiger partial charge in [-0.3, -0.25) is 9.10 Å². The Morgan fingerprint density at radius 2 is 1.93 bits per heavy atom. The molecular weight excluding hydrogens is 375 g/mol. The third-order valence-electron chi connectivity index (χ3n) is 4.08. The van der Waals surface area contributed by atoms with Crippen molar-refractivity contribution in [1.29, 1.82) is 0 Å². The average molecular weight is 394 g/mol. The zero-order valence-electron chi connectivity index (χ0n) is 14.8. The van der Waals surface area contributed by atoms with Gasteiger partial charge < -0.3 is 14.8 Å². The van der Waals surface area contributed by atoms with Crippen LogP contribution in [-0.4, -0.2) is 33.4 Å². The van der Waals surface area contributed by atoms with Crippen LogP contribution in [0.25, 0.3) is 0 Å². The molecule has 3 rings (SSSR count). The summed E-state index contributed by atoms with van der Waals surface area (Å²) >= 11 is 0. The molecule has 0 saturated carbocycles. The van der Waals surface area contributed by atoms with Crippen LogP contribution < -0.4 is 19.1 Å². The van der Waals surface area contributed by atoms with E-state index in [1.807, 2.05) is 0 Å². The van der Waals surface area contributed by atoms with Gasteiger partial charge in [0.05, 0.1) is 11.9 Å². The molecule has 0 fully saturated rings. The molecule has 2 aromatic rings. The number of hydrogen-bond acceptors (Lipinski definition) is 5. The van der Waals surface area contributed by atoms with Crippen molar-refractivity contribution >= 4 is 21.6 Å². The molecule has 1 aliphatic heterocycles. The van der Waals surface area contributed by atoms with Crippen molar-refractivity contribution in [2.75, 3.05) is 17.4 Å². The first-order chi connectivity index (χ1) is 12.8. The number of fused-ring (bicyclic) bond motifs is 1. The average Bonchev–Trinajstić information content (AvgIpc) is 3.08. The smallest absolute Gasteiger partial charge is 0.243 e. The topological polar surface area (TPSA) is 84.9 Å². The van der Waals surface area contributed by atoms with Crippen LogP contribution in [0.5, 0.6) is 11.5 Å². The van der Waals surface area contributed by atoms with E-state index in [1.54, 1.807) is 18.2 Å². The minimum atomic E-state index is -3.88. The predicted molar refractivity (Wildman–Crippen MR) is 97.6 cm³/mol. The zero-order valence-corrected chi connectivity index (χ0v) is 15.6. The highest BCUT2D eigenvalue weighted by Crippen LogP contribution is 2.32. The van der Waals surface area contributed by atoms with Gasteiger partial charge in [0.1, 0.15) is 11.9 Å². The molecule has 0 saturated heterocycles. The van der Waals surface area contributed by atoms with Gasteiger partial charge >= 0.3 is 0 Å². The first-order valence-corrected chi connectivity index (χ1v) is 10.0. The van der Waals surface area contributed by atoms with Crippen LogP contribution in [0.1, 0.15) is 12.5 Å². The number of nitrogens with zero attached hydrogens (tertiary/aromatic N) is 1. The molecule has 0 aliphatic carbocycles. The standard InChI is InChI=1S/C18H19FN2O5S/c1-12(21(27(2,23)24)15-6-4-3-5-14(15)19)18(22)20-10-13-7-8-16-17(9-13)26-11-25-16/h3-9,12H,10-11H2,1-2H3,(H,20,22)/t12-/m1/s1. The lowest BCUT2D eigenvalue weighted by Gasteiger charge is -2.28. The van der Waals surface area contributed by atoms with Crippen molar-refractivity contribution < 1.29 is 27.1 Å². The van der Waals surface area contributed by atoms with Crippen LogP contribution in [0.3, 0.4) is 0 Å². The number of anilines is 1. The molecule has 0 radical (unpaired) electrons. The quantitative estimate of drug-likeness (QED) is 0.810. The third-order valence-corrected chi connectivity index (χ3v) is 5.31. The maximum absolute atomic E-state index is 14.1. The van der Waals surface area contributed by atoms with Crippen molar-refractivity contribution in [3.05, 3.63) is 53.8 Å². The second kappa shape index (κ2) is 7.43. The summed E-state index contributed by atoms with van der Waals surface area (Å²) in [6.45, 7) is 1.71. The van der Waals surface area contributed by atoms with E-state index in [0.717, 1.165) is 22.2 Å². The number of amides is 1. The fourth-order valence-electron chi connectivity index (χ4n) is 2.80. The number of ether oxygens (including phenoxy) is 2. The Bertz CT molecular complexity index is 964. The van der Waals surface area contributed by atoms with Gasteiger partial charge in [0.2, 0.25) is 22.7 Å². The molecule has 144 valence electrons. The Labute approximate surface area is 156 Å². The lowest BCUT2D eigenvalue weighted by atomic mass is 10.2. The molecule has 7 nitrogen and oxygen atoms in total. The van der Waals surface area contributed by atoms with Crippen LogP contribution in [-0.2, 0) is 21.4 Å². The monoisotopic (exact) mass is 394 g/mol. The molecule has 1 amide bonds. The van der Waals surface area contributed by atoms with Gasteiger partial charge in [-0.05, 0) is 36.8 Å². The number of carbonyl (C=O) groups excluding carboxylic acids is 1. The molecule has 0 unspecified atom stereocenters. The summed E-state index contributed by atoms with van der Waals surface area (Å²) in [6, 6.07) is 9.52. The van der Waals surface area contributed by atoms with E-state index in [1.165, 1.54) is 25.1 Å². The molecule has 1 N–H and O–H groups in total. The summed E-state index contributed by atoms with van der Waals surface area (Å²) in [5.41, 5.74) is 0.585. The van der Waals surface area contributed by atoms with E-state index < -0.39 is 27.8 Å². The van der Waals surface area contributed by atoms with Crippen LogP contribution >= 0.6 is 0 Å². The first kappa shape index (κ1) is 19.0. The van der Waals surface area contributed by atoms with E-state index in [-0.39, 0.29) is 19.0 Å². The number of carbonyl (C=O) groups is 1. The SMILES string of the molecule is C[C@H](C(=O)NCc1ccc2c(c1)OCO2)N(c1ccccc1F)S(C)(=O)=O. The Kier molecular flexibility index (Phi) is 5.22. The largest absolute Gasteiger partial charge is 0.454 e. The number of hydrogen-bond donors (Lipinski definition) is 1. The summed E-state index contributed by atoms with van der Waals surface area (Å²) in [7, 11) is -3.88. The third kappa shape index (κ3) is 4.13. The minimum Gasteiger partial charge on any atom is -0.454 e. The summed E-state index contributed by atoms with van der Waals surface area (Å²) in [5, 5.41) is 2.67. The van der Waals surface area contributed by atoms with Gasteiger partial charge in [0.25, 0.3) is 0 Å². The number of benzene rings is 2. The highest BCUT2D eigenvalue weighted by atomic mass is 32.2. The van der Waals surface area contributed by atoms with Gasteiger partial charge in [0.15, 0.2) is 11.5 Å². The summed E-state index contributed by atoms with van der Waals surface area (Å²) in [6.07, 6.45) is 0.932. The second-order valence-electron chi connectivity index (χ2n) is 6.09. The van der Waals surface area contributed by atoms with Gasteiger partial charge in [-0.15, -0.1) is 0 Å².